The van der Waals surface area contributed by atoms with Gasteiger partial charge >= 0.3 is 0 Å². The molecule has 3 rings (SSSR count). The van der Waals surface area contributed by atoms with Gasteiger partial charge in [-0.25, -0.2) is 0 Å². The molecule has 0 aliphatic heterocycles. The van der Waals surface area contributed by atoms with Crippen LogP contribution >= 0.6 is 0 Å². The van der Waals surface area contributed by atoms with Crippen LogP contribution in [0.3, 0.4) is 0 Å². The third-order valence-corrected chi connectivity index (χ3v) is 12.4. The fourth-order valence-electron chi connectivity index (χ4n) is 6.70. The lowest BCUT2D eigenvalue weighted by Gasteiger charge is -2.50. The van der Waals surface area contributed by atoms with E-state index in [0.717, 1.165) is 12.8 Å². The van der Waals surface area contributed by atoms with Gasteiger partial charge in [0.2, 0.25) is 9.04 Å². The zero-order valence-electron chi connectivity index (χ0n) is 24.4. The van der Waals surface area contributed by atoms with E-state index < -0.39 is 9.04 Å². The fraction of sp³-hybridized carbons (Fsp3) is 0.636. The molecule has 5 atom stereocenters. The van der Waals surface area contributed by atoms with Gasteiger partial charge in [-0.2, -0.15) is 0 Å². The van der Waals surface area contributed by atoms with Crippen molar-refractivity contribution in [2.75, 3.05) is 0 Å². The Kier molecular flexibility index (Phi) is 9.34. The third-order valence-electron chi connectivity index (χ3n) is 9.83. The van der Waals surface area contributed by atoms with Gasteiger partial charge in [0.15, 0.2) is 0 Å². The van der Waals surface area contributed by atoms with Crippen LogP contribution in [-0.4, -0.2) is 26.4 Å². The summed E-state index contributed by atoms with van der Waals surface area (Å²) in [5, 5.41) is 13.2. The maximum atomic E-state index is 10.5. The molecule has 1 unspecified atom stereocenters. The van der Waals surface area contributed by atoms with Crippen LogP contribution < -0.4 is 10.4 Å². The van der Waals surface area contributed by atoms with Crippen LogP contribution in [0.2, 0.25) is 0 Å². The van der Waals surface area contributed by atoms with Gasteiger partial charge in [-0.3, -0.25) is 0 Å². The van der Waals surface area contributed by atoms with Gasteiger partial charge in [0.1, 0.15) is 0 Å². The Bertz CT molecular complexity index is 894. The topological polar surface area (TPSA) is 29.5 Å². The molecular weight excluding hydrogens is 456 g/mol. The van der Waals surface area contributed by atoms with Crippen LogP contribution in [0.1, 0.15) is 88.0 Å². The lowest BCUT2D eigenvalue weighted by molar-refractivity contribution is -0.0513. The number of rotatable bonds is 10. The Morgan fingerprint density at radius 1 is 0.889 bits per heavy atom. The second-order valence-electron chi connectivity index (χ2n) is 13.7. The van der Waals surface area contributed by atoms with E-state index in [9.17, 15) is 5.11 Å². The number of hydrogen-bond donors (Lipinski definition) is 1. The van der Waals surface area contributed by atoms with Crippen LogP contribution in [0.25, 0.3) is 0 Å². The molecule has 1 N–H and O–H groups in total. The highest BCUT2D eigenvalue weighted by Crippen LogP contribution is 2.62. The zero-order valence-corrected chi connectivity index (χ0v) is 25.6. The average Bonchev–Trinajstić information content (AvgIpc) is 3.07. The molecule has 3 heteroatoms. The molecule has 0 saturated heterocycles. The SMILES string of the molecule is CC(C)[C@H](O)CC[C@H](C)[C@@]1(C)CC[C@@H](C(O[SiH](c2ccccc2)c2ccccc2)C(C)(C)C)C1(C)C. The van der Waals surface area contributed by atoms with Gasteiger partial charge in [-0.1, -0.05) is 123 Å². The number of aliphatic hydroxyl groups excluding tert-OH is 1. The predicted molar refractivity (Wildman–Crippen MR) is 157 cm³/mol. The summed E-state index contributed by atoms with van der Waals surface area (Å²) in [6.45, 7) is 21.3. The monoisotopic (exact) mass is 508 g/mol. The zero-order chi connectivity index (χ0) is 26.7. The first-order chi connectivity index (χ1) is 16.8. The third kappa shape index (κ3) is 6.17. The van der Waals surface area contributed by atoms with E-state index in [1.807, 2.05) is 0 Å². The standard InChI is InChI=1S/C33H52O2Si/c1-24(2)29(34)21-20-25(3)33(9)23-22-28(32(33,7)8)30(31(4,5)6)35-36(26-16-12-10-13-17-26)27-18-14-11-15-19-27/h10-19,24-25,28-30,34,36H,20-23H2,1-9H3/t25-,28-,29+,30?,33+/m0/s1. The lowest BCUT2D eigenvalue weighted by atomic mass is 9.57. The second kappa shape index (κ2) is 11.5. The highest BCUT2D eigenvalue weighted by Gasteiger charge is 2.57. The summed E-state index contributed by atoms with van der Waals surface area (Å²) in [5.74, 6) is 1.37. The first-order valence-corrected chi connectivity index (χ1v) is 15.8. The van der Waals surface area contributed by atoms with Gasteiger partial charge in [-0.05, 0) is 70.1 Å². The molecule has 2 nitrogen and oxygen atoms in total. The molecule has 1 fully saturated rings. The molecule has 0 bridgehead atoms. The summed E-state index contributed by atoms with van der Waals surface area (Å²) in [5.41, 5.74) is 0.399. The first kappa shape index (κ1) is 29.1. The molecule has 36 heavy (non-hydrogen) atoms. The van der Waals surface area contributed by atoms with Crippen LogP contribution in [0.15, 0.2) is 60.7 Å². The van der Waals surface area contributed by atoms with Gasteiger partial charge < -0.3 is 9.53 Å². The van der Waals surface area contributed by atoms with Gasteiger partial charge in [0.05, 0.1) is 12.2 Å². The summed E-state index contributed by atoms with van der Waals surface area (Å²) in [6, 6.07) is 21.8. The van der Waals surface area contributed by atoms with Gasteiger partial charge in [0.25, 0.3) is 0 Å². The first-order valence-electron chi connectivity index (χ1n) is 14.2. The quantitative estimate of drug-likeness (QED) is 0.356. The number of benzene rings is 2. The maximum absolute atomic E-state index is 10.5. The van der Waals surface area contributed by atoms with Crippen molar-refractivity contribution in [1.82, 2.24) is 0 Å². The van der Waals surface area contributed by atoms with E-state index in [0.29, 0.717) is 17.8 Å². The predicted octanol–water partition coefficient (Wildman–Crippen LogP) is 6.83. The smallest absolute Gasteiger partial charge is 0.240 e. The average molecular weight is 509 g/mol. The van der Waals surface area contributed by atoms with Gasteiger partial charge in [-0.15, -0.1) is 0 Å². The maximum Gasteiger partial charge on any atom is 0.240 e. The van der Waals surface area contributed by atoms with Crippen molar-refractivity contribution in [3.05, 3.63) is 60.7 Å². The van der Waals surface area contributed by atoms with E-state index in [4.69, 9.17) is 4.43 Å². The van der Waals surface area contributed by atoms with E-state index >= 15 is 0 Å². The van der Waals surface area contributed by atoms with Crippen LogP contribution in [0, 0.1) is 34.0 Å². The number of hydrogen-bond acceptors (Lipinski definition) is 2. The minimum absolute atomic E-state index is 0.0407. The molecule has 0 heterocycles. The molecule has 2 aromatic rings. The fourth-order valence-corrected chi connectivity index (χ4v) is 9.43. The summed E-state index contributed by atoms with van der Waals surface area (Å²) in [6.07, 6.45) is 4.38. The minimum Gasteiger partial charge on any atom is -0.407 e. The molecule has 0 aromatic heterocycles. The second-order valence-corrected chi connectivity index (χ2v) is 16.1. The molecule has 2 aromatic carbocycles. The summed E-state index contributed by atoms with van der Waals surface area (Å²) < 4.78 is 7.41. The summed E-state index contributed by atoms with van der Waals surface area (Å²) in [4.78, 5) is 0. The minimum atomic E-state index is -1.86. The summed E-state index contributed by atoms with van der Waals surface area (Å²) >= 11 is 0. The van der Waals surface area contributed by atoms with E-state index in [1.165, 1.54) is 23.2 Å². The molecule has 0 radical (unpaired) electrons. The Balaban J connectivity index is 1.91. The van der Waals surface area contributed by atoms with Crippen LogP contribution in [0.5, 0.6) is 0 Å². The Labute approximate surface area is 223 Å². The Morgan fingerprint density at radius 3 is 1.83 bits per heavy atom. The molecule has 200 valence electrons. The largest absolute Gasteiger partial charge is 0.407 e. The van der Waals surface area contributed by atoms with E-state index in [1.54, 1.807) is 0 Å². The van der Waals surface area contributed by atoms with E-state index in [2.05, 4.69) is 123 Å². The molecule has 1 aliphatic rings. The van der Waals surface area contributed by atoms with Gasteiger partial charge in [0, 0.05) is 0 Å². The van der Waals surface area contributed by atoms with Crippen molar-refractivity contribution in [3.8, 4) is 0 Å². The highest BCUT2D eigenvalue weighted by atomic mass is 28.3. The molecule has 0 spiro atoms. The Hall–Kier alpha value is -1.42. The highest BCUT2D eigenvalue weighted by molar-refractivity contribution is 6.80. The molecular formula is C33H52O2Si. The van der Waals surface area contributed by atoms with Crippen molar-refractivity contribution in [3.63, 3.8) is 0 Å². The molecule has 0 amide bonds. The van der Waals surface area contributed by atoms with Crippen molar-refractivity contribution < 1.29 is 9.53 Å². The van der Waals surface area contributed by atoms with Crippen molar-refractivity contribution in [2.24, 2.45) is 34.0 Å². The molecule has 1 saturated carbocycles. The van der Waals surface area contributed by atoms with Crippen molar-refractivity contribution >= 4 is 19.4 Å². The van der Waals surface area contributed by atoms with Crippen molar-refractivity contribution in [2.45, 2.75) is 100 Å². The molecule has 1 aliphatic carbocycles. The lowest BCUT2D eigenvalue weighted by Crippen LogP contribution is -2.54. The van der Waals surface area contributed by atoms with Crippen molar-refractivity contribution in [1.29, 1.82) is 0 Å². The Morgan fingerprint density at radius 2 is 1.39 bits per heavy atom. The number of aliphatic hydroxyl groups is 1. The van der Waals surface area contributed by atoms with E-state index in [-0.39, 0.29) is 28.5 Å². The van der Waals surface area contributed by atoms with Crippen LogP contribution in [-0.2, 0) is 4.43 Å². The summed E-state index contributed by atoms with van der Waals surface area (Å²) in [7, 11) is -1.86. The van der Waals surface area contributed by atoms with Crippen LogP contribution in [0.4, 0.5) is 0 Å². The normalized spacial score (nSPS) is 24.7.